The molecular weight excluding hydrogens is 288 g/mol. The molecule has 9 nitrogen and oxygen atoms in total. The van der Waals surface area contributed by atoms with Crippen LogP contribution < -0.4 is 0 Å². The highest BCUT2D eigenvalue weighted by Crippen LogP contribution is 2.40. The summed E-state index contributed by atoms with van der Waals surface area (Å²) in [6.07, 6.45) is -1.84. The number of esters is 1. The van der Waals surface area contributed by atoms with Crippen molar-refractivity contribution in [2.24, 2.45) is 0 Å². The highest BCUT2D eigenvalue weighted by molar-refractivity contribution is 7.52. The summed E-state index contributed by atoms with van der Waals surface area (Å²) in [5.74, 6) is -0.598. The molecule has 0 atom stereocenters. The Kier molecular flexibility index (Phi) is 7.24. The molecule has 0 spiro atoms. The molecule has 108 valence electrons. The van der Waals surface area contributed by atoms with E-state index >= 15 is 0 Å². The van der Waals surface area contributed by atoms with E-state index in [-0.39, 0.29) is 19.6 Å². The number of rotatable bonds is 8. The molecule has 0 radical (unpaired) electrons. The molecule has 0 rings (SSSR count). The van der Waals surface area contributed by atoms with Crippen LogP contribution in [0.1, 0.15) is 13.3 Å². The summed E-state index contributed by atoms with van der Waals surface area (Å²) in [5.41, 5.74) is 0. The van der Waals surface area contributed by atoms with Crippen LogP contribution >= 0.6 is 15.2 Å². The van der Waals surface area contributed by atoms with Gasteiger partial charge in [0.1, 0.15) is 12.6 Å². The summed E-state index contributed by atoms with van der Waals surface area (Å²) in [6.45, 7) is 1.56. The van der Waals surface area contributed by atoms with Crippen LogP contribution in [0.3, 0.4) is 0 Å². The third-order valence-corrected chi connectivity index (χ3v) is 3.24. The number of ether oxygens (including phenoxy) is 1. The van der Waals surface area contributed by atoms with Gasteiger partial charge in [-0.05, 0) is 6.92 Å². The number of carbonyl (C=O) groups excluding carboxylic acids is 1. The number of nitrogens with zero attached hydrogens (tertiary/aromatic N) is 1. The first-order chi connectivity index (χ1) is 8.03. The van der Waals surface area contributed by atoms with Crippen LogP contribution in [0.25, 0.3) is 0 Å². The van der Waals surface area contributed by atoms with Crippen molar-refractivity contribution in [2.75, 3.05) is 25.7 Å². The zero-order chi connectivity index (χ0) is 14.4. The van der Waals surface area contributed by atoms with Gasteiger partial charge in [0, 0.05) is 6.54 Å². The molecule has 0 aromatic rings. The Morgan fingerprint density at radius 1 is 1.11 bits per heavy atom. The standard InChI is InChI=1S/C7H17NO8P2/c1-2-16-7(9)3-4-8(5-17(10,11)12)6-18(13,14)15/h2-6H2,1H3,(H2,10,11,12)(H2,13,14,15). The monoisotopic (exact) mass is 305 g/mol. The summed E-state index contributed by atoms with van der Waals surface area (Å²) >= 11 is 0. The maximum absolute atomic E-state index is 11.0. The van der Waals surface area contributed by atoms with Crippen LogP contribution in [0.4, 0.5) is 0 Å². The van der Waals surface area contributed by atoms with Crippen molar-refractivity contribution in [3.63, 3.8) is 0 Å². The Balaban J connectivity index is 4.44. The minimum Gasteiger partial charge on any atom is -0.466 e. The van der Waals surface area contributed by atoms with Crippen LogP contribution in [0.15, 0.2) is 0 Å². The molecule has 0 unspecified atom stereocenters. The lowest BCUT2D eigenvalue weighted by Crippen LogP contribution is -2.29. The van der Waals surface area contributed by atoms with Crippen LogP contribution in [-0.2, 0) is 18.7 Å². The highest BCUT2D eigenvalue weighted by atomic mass is 31.2. The minimum absolute atomic E-state index is 0.163. The fourth-order valence-electron chi connectivity index (χ4n) is 1.19. The highest BCUT2D eigenvalue weighted by Gasteiger charge is 2.26. The van der Waals surface area contributed by atoms with Gasteiger partial charge in [-0.1, -0.05) is 0 Å². The predicted octanol–water partition coefficient (Wildman–Crippen LogP) is -0.488. The van der Waals surface area contributed by atoms with Gasteiger partial charge in [-0.2, -0.15) is 0 Å². The molecule has 0 aliphatic carbocycles. The van der Waals surface area contributed by atoms with Crippen LogP contribution in [-0.4, -0.2) is 56.2 Å². The molecule has 0 heterocycles. The second-order valence-electron chi connectivity index (χ2n) is 3.56. The van der Waals surface area contributed by atoms with E-state index in [9.17, 15) is 13.9 Å². The third kappa shape index (κ3) is 10.9. The summed E-state index contributed by atoms with van der Waals surface area (Å²) in [4.78, 5) is 46.9. The van der Waals surface area contributed by atoms with Crippen molar-refractivity contribution in [1.29, 1.82) is 0 Å². The van der Waals surface area contributed by atoms with Crippen molar-refractivity contribution in [3.05, 3.63) is 0 Å². The van der Waals surface area contributed by atoms with Crippen molar-refractivity contribution in [2.45, 2.75) is 13.3 Å². The third-order valence-electron chi connectivity index (χ3n) is 1.71. The van der Waals surface area contributed by atoms with Crippen molar-refractivity contribution < 1.29 is 38.2 Å². The van der Waals surface area contributed by atoms with E-state index in [2.05, 4.69) is 4.74 Å². The molecule has 0 saturated heterocycles. The summed E-state index contributed by atoms with van der Waals surface area (Å²) < 4.78 is 26.2. The van der Waals surface area contributed by atoms with Gasteiger partial charge < -0.3 is 24.3 Å². The Morgan fingerprint density at radius 2 is 1.56 bits per heavy atom. The van der Waals surface area contributed by atoms with E-state index in [4.69, 9.17) is 19.6 Å². The SMILES string of the molecule is CCOC(=O)CCN(CP(=O)(O)O)CP(=O)(O)O. The lowest BCUT2D eigenvalue weighted by Gasteiger charge is -2.22. The Morgan fingerprint density at radius 3 is 1.89 bits per heavy atom. The minimum atomic E-state index is -4.45. The van der Waals surface area contributed by atoms with Crippen LogP contribution in [0.2, 0.25) is 0 Å². The molecule has 0 aliphatic heterocycles. The fourth-order valence-corrected chi connectivity index (χ4v) is 2.87. The molecule has 18 heavy (non-hydrogen) atoms. The first-order valence-electron chi connectivity index (χ1n) is 5.00. The van der Waals surface area contributed by atoms with Crippen molar-refractivity contribution in [1.82, 2.24) is 4.90 Å². The first-order valence-corrected chi connectivity index (χ1v) is 8.60. The number of hydrogen-bond donors (Lipinski definition) is 4. The maximum atomic E-state index is 11.0. The Hall–Kier alpha value is -0.270. The zero-order valence-corrected chi connectivity index (χ0v) is 11.6. The first kappa shape index (κ1) is 17.7. The topological polar surface area (TPSA) is 145 Å². The smallest absolute Gasteiger partial charge is 0.339 e. The van der Waals surface area contributed by atoms with Gasteiger partial charge in [-0.3, -0.25) is 18.8 Å². The molecule has 4 N–H and O–H groups in total. The second-order valence-corrected chi connectivity index (χ2v) is 6.79. The van der Waals surface area contributed by atoms with Gasteiger partial charge in [-0.15, -0.1) is 0 Å². The van der Waals surface area contributed by atoms with E-state index < -0.39 is 33.7 Å². The van der Waals surface area contributed by atoms with Crippen LogP contribution in [0.5, 0.6) is 0 Å². The zero-order valence-electron chi connectivity index (χ0n) is 9.80. The molecule has 0 bridgehead atoms. The van der Waals surface area contributed by atoms with E-state index in [1.807, 2.05) is 0 Å². The van der Waals surface area contributed by atoms with E-state index in [0.29, 0.717) is 0 Å². The van der Waals surface area contributed by atoms with Gasteiger partial charge in [0.05, 0.1) is 13.0 Å². The van der Waals surface area contributed by atoms with Gasteiger partial charge in [0.2, 0.25) is 0 Å². The van der Waals surface area contributed by atoms with E-state index in [1.165, 1.54) is 0 Å². The molecule has 0 amide bonds. The largest absolute Gasteiger partial charge is 0.466 e. The molecule has 0 aromatic heterocycles. The average Bonchev–Trinajstić information content (AvgIpc) is 2.09. The van der Waals surface area contributed by atoms with Crippen molar-refractivity contribution >= 4 is 21.2 Å². The lowest BCUT2D eigenvalue weighted by molar-refractivity contribution is -0.143. The normalized spacial score (nSPS) is 12.8. The average molecular weight is 305 g/mol. The molecule has 0 aromatic carbocycles. The van der Waals surface area contributed by atoms with Crippen molar-refractivity contribution in [3.8, 4) is 0 Å². The fraction of sp³-hybridized carbons (Fsp3) is 0.857. The number of carbonyl (C=O) groups is 1. The van der Waals surface area contributed by atoms with Gasteiger partial charge >= 0.3 is 21.2 Å². The van der Waals surface area contributed by atoms with E-state index in [0.717, 1.165) is 4.90 Å². The lowest BCUT2D eigenvalue weighted by atomic mass is 10.4. The van der Waals surface area contributed by atoms with Crippen LogP contribution in [0, 0.1) is 0 Å². The Labute approximate surface area is 104 Å². The molecular formula is C7H17NO8P2. The maximum Gasteiger partial charge on any atom is 0.339 e. The van der Waals surface area contributed by atoms with E-state index in [1.54, 1.807) is 6.92 Å². The molecule has 0 fully saturated rings. The molecule has 0 aliphatic rings. The van der Waals surface area contributed by atoms with Gasteiger partial charge in [0.25, 0.3) is 0 Å². The number of hydrogen-bond acceptors (Lipinski definition) is 5. The summed E-state index contributed by atoms with van der Waals surface area (Å²) in [7, 11) is -8.91. The predicted molar refractivity (Wildman–Crippen MR) is 61.8 cm³/mol. The second kappa shape index (κ2) is 7.35. The quantitative estimate of drug-likeness (QED) is 0.345. The van der Waals surface area contributed by atoms with Gasteiger partial charge in [0.15, 0.2) is 0 Å². The Bertz CT molecular complexity index is 336. The molecule has 0 saturated carbocycles. The van der Waals surface area contributed by atoms with Gasteiger partial charge in [-0.25, -0.2) is 0 Å². The molecule has 11 heteroatoms. The summed E-state index contributed by atoms with van der Waals surface area (Å²) in [5, 5.41) is 0. The summed E-state index contributed by atoms with van der Waals surface area (Å²) in [6, 6.07) is 0.